The van der Waals surface area contributed by atoms with Crippen molar-refractivity contribution in [2.24, 2.45) is 5.16 Å². The highest BCUT2D eigenvalue weighted by Gasteiger charge is 2.51. The van der Waals surface area contributed by atoms with Gasteiger partial charge in [0.05, 0.1) is 12.8 Å². The molecule has 2 saturated heterocycles. The van der Waals surface area contributed by atoms with Gasteiger partial charge < -0.3 is 59.1 Å². The fraction of sp³-hybridized carbons (Fsp3) is 0.560. The molecule has 2 aromatic rings. The number of amides is 1. The van der Waals surface area contributed by atoms with Crippen LogP contribution in [0.2, 0.25) is 0 Å². The Labute approximate surface area is 227 Å². The topological polar surface area (TPSA) is 219 Å². The van der Waals surface area contributed by atoms with Crippen LogP contribution in [0.25, 0.3) is 11.0 Å². The number of benzene rings is 1. The van der Waals surface area contributed by atoms with Gasteiger partial charge in [0.2, 0.25) is 12.2 Å². The molecule has 0 radical (unpaired) electrons. The summed E-state index contributed by atoms with van der Waals surface area (Å²) in [4.78, 5) is 28.4. The first kappa shape index (κ1) is 29.8. The molecule has 220 valence electrons. The zero-order valence-electron chi connectivity index (χ0n) is 21.8. The lowest BCUT2D eigenvalue weighted by Crippen LogP contribution is -2.68. The molecule has 6 N–H and O–H groups in total. The van der Waals surface area contributed by atoms with Crippen LogP contribution in [0.4, 0.5) is 0 Å². The van der Waals surface area contributed by atoms with Gasteiger partial charge in [-0.2, -0.15) is 0 Å². The Hall–Kier alpha value is -3.15. The lowest BCUT2D eigenvalue weighted by Gasteiger charge is -2.46. The molecule has 10 atom stereocenters. The maximum atomic E-state index is 12.0. The van der Waals surface area contributed by atoms with Crippen molar-refractivity contribution in [3.05, 3.63) is 40.2 Å². The number of aliphatic hydroxyl groups excluding tert-OH is 5. The third kappa shape index (κ3) is 6.26. The zero-order valence-corrected chi connectivity index (χ0v) is 21.8. The van der Waals surface area contributed by atoms with Crippen molar-refractivity contribution in [3.8, 4) is 5.75 Å². The fourth-order valence-electron chi connectivity index (χ4n) is 4.62. The minimum absolute atomic E-state index is 0.174. The van der Waals surface area contributed by atoms with Gasteiger partial charge >= 0.3 is 5.63 Å². The summed E-state index contributed by atoms with van der Waals surface area (Å²) in [7, 11) is 1.25. The summed E-state index contributed by atoms with van der Waals surface area (Å²) in [5.74, 6) is -0.376. The Balaban J connectivity index is 1.58. The molecule has 0 spiro atoms. The van der Waals surface area contributed by atoms with Gasteiger partial charge in [-0.3, -0.25) is 4.79 Å². The number of nitrogens with one attached hydrogen (secondary N) is 1. The second kappa shape index (κ2) is 12.6. The SMILES string of the molecule is CON=C[C@H]1O[C@@H](O[C@H]2[C@H](O)[C@@H](NC(C)=O)[C@H](Oc3ccc4c(C)cc(=O)oc4c3)O[C@@H]2CO)[C@H](O)[C@@H](O)[C@H]1O. The molecule has 0 aliphatic carbocycles. The summed E-state index contributed by atoms with van der Waals surface area (Å²) in [6, 6.07) is 4.78. The van der Waals surface area contributed by atoms with Crippen molar-refractivity contribution >= 4 is 23.1 Å². The van der Waals surface area contributed by atoms with Crippen molar-refractivity contribution in [2.45, 2.75) is 75.2 Å². The van der Waals surface area contributed by atoms with Gasteiger partial charge in [0, 0.05) is 24.4 Å². The van der Waals surface area contributed by atoms with E-state index in [1.165, 1.54) is 26.2 Å². The number of hydrogen-bond donors (Lipinski definition) is 6. The summed E-state index contributed by atoms with van der Waals surface area (Å²) in [5, 5.41) is 58.9. The highest BCUT2D eigenvalue weighted by molar-refractivity contribution is 5.81. The van der Waals surface area contributed by atoms with Crippen LogP contribution in [0.1, 0.15) is 12.5 Å². The smallest absolute Gasteiger partial charge is 0.336 e. The highest BCUT2D eigenvalue weighted by atomic mass is 16.7. The van der Waals surface area contributed by atoms with Gasteiger partial charge in [0.25, 0.3) is 0 Å². The van der Waals surface area contributed by atoms with Gasteiger partial charge in [-0.25, -0.2) is 4.79 Å². The lowest BCUT2D eigenvalue weighted by atomic mass is 9.95. The lowest BCUT2D eigenvalue weighted by molar-refractivity contribution is -0.333. The first-order valence-corrected chi connectivity index (χ1v) is 12.4. The molecule has 2 fully saturated rings. The van der Waals surface area contributed by atoms with E-state index in [0.29, 0.717) is 10.9 Å². The monoisotopic (exact) mass is 568 g/mol. The second-order valence-electron chi connectivity index (χ2n) is 9.45. The molecule has 15 nitrogen and oxygen atoms in total. The van der Waals surface area contributed by atoms with Crippen LogP contribution in [0.5, 0.6) is 5.75 Å². The van der Waals surface area contributed by atoms with E-state index in [1.807, 2.05) is 0 Å². The molecule has 1 amide bonds. The first-order chi connectivity index (χ1) is 19.0. The molecule has 2 aliphatic rings. The van der Waals surface area contributed by atoms with Crippen LogP contribution < -0.4 is 15.7 Å². The quantitative estimate of drug-likeness (QED) is 0.114. The minimum Gasteiger partial charge on any atom is -0.462 e. The molecular weight excluding hydrogens is 536 g/mol. The summed E-state index contributed by atoms with van der Waals surface area (Å²) >= 11 is 0. The molecule has 1 aromatic carbocycles. The first-order valence-electron chi connectivity index (χ1n) is 12.4. The van der Waals surface area contributed by atoms with Crippen LogP contribution >= 0.6 is 0 Å². The van der Waals surface area contributed by atoms with Crippen LogP contribution in [0, 0.1) is 6.92 Å². The van der Waals surface area contributed by atoms with Gasteiger partial charge in [0.1, 0.15) is 67.2 Å². The van der Waals surface area contributed by atoms with Gasteiger partial charge in [0.15, 0.2) is 6.29 Å². The van der Waals surface area contributed by atoms with Gasteiger partial charge in [-0.1, -0.05) is 5.16 Å². The number of nitrogens with zero attached hydrogens (tertiary/aromatic N) is 1. The second-order valence-corrected chi connectivity index (χ2v) is 9.45. The summed E-state index contributed by atoms with van der Waals surface area (Å²) in [6.45, 7) is 2.26. The van der Waals surface area contributed by atoms with Crippen LogP contribution in [0.3, 0.4) is 0 Å². The van der Waals surface area contributed by atoms with E-state index in [0.717, 1.165) is 6.21 Å². The summed E-state index contributed by atoms with van der Waals surface area (Å²) < 4.78 is 28.3. The number of aliphatic hydroxyl groups is 5. The van der Waals surface area contributed by atoms with Crippen molar-refractivity contribution in [3.63, 3.8) is 0 Å². The Morgan fingerprint density at radius 1 is 1.07 bits per heavy atom. The Morgan fingerprint density at radius 2 is 1.82 bits per heavy atom. The fourth-order valence-corrected chi connectivity index (χ4v) is 4.62. The number of oxime groups is 1. The zero-order chi connectivity index (χ0) is 29.1. The van der Waals surface area contributed by atoms with E-state index in [-0.39, 0.29) is 11.3 Å². The Morgan fingerprint density at radius 3 is 2.50 bits per heavy atom. The molecule has 4 rings (SSSR count). The maximum absolute atomic E-state index is 12.0. The van der Waals surface area contributed by atoms with Crippen molar-refractivity contribution in [2.75, 3.05) is 13.7 Å². The maximum Gasteiger partial charge on any atom is 0.336 e. The van der Waals surface area contributed by atoms with Crippen LogP contribution in [-0.2, 0) is 23.8 Å². The van der Waals surface area contributed by atoms with E-state index in [9.17, 15) is 35.1 Å². The molecule has 1 aromatic heterocycles. The third-order valence-corrected chi connectivity index (χ3v) is 6.61. The number of aryl methyl sites for hydroxylation is 1. The summed E-state index contributed by atoms with van der Waals surface area (Å²) in [5.41, 5.74) is 0.383. The average molecular weight is 569 g/mol. The predicted molar refractivity (Wildman–Crippen MR) is 134 cm³/mol. The number of ether oxygens (including phenoxy) is 4. The Bertz CT molecular complexity index is 1270. The third-order valence-electron chi connectivity index (χ3n) is 6.61. The largest absolute Gasteiger partial charge is 0.462 e. The number of rotatable bonds is 8. The average Bonchev–Trinajstić information content (AvgIpc) is 2.91. The molecule has 0 saturated carbocycles. The molecule has 15 heteroatoms. The number of carbonyl (C=O) groups excluding carboxylic acids is 1. The van der Waals surface area contributed by atoms with Gasteiger partial charge in [-0.05, 0) is 24.6 Å². The van der Waals surface area contributed by atoms with Crippen LogP contribution in [0.15, 0.2) is 38.6 Å². The van der Waals surface area contributed by atoms with E-state index in [2.05, 4.69) is 15.3 Å². The van der Waals surface area contributed by atoms with Crippen molar-refractivity contribution in [1.29, 1.82) is 0 Å². The number of hydrogen-bond acceptors (Lipinski definition) is 14. The molecule has 0 unspecified atom stereocenters. The summed E-state index contributed by atoms with van der Waals surface area (Å²) in [6.07, 6.45) is -12.5. The van der Waals surface area contributed by atoms with Crippen molar-refractivity contribution < 1.29 is 58.5 Å². The van der Waals surface area contributed by atoms with E-state index >= 15 is 0 Å². The van der Waals surface area contributed by atoms with E-state index in [1.54, 1.807) is 19.1 Å². The van der Waals surface area contributed by atoms with E-state index < -0.39 is 79.5 Å². The molecule has 2 aliphatic heterocycles. The highest BCUT2D eigenvalue weighted by Crippen LogP contribution is 2.31. The normalized spacial score (nSPS) is 34.6. The predicted octanol–water partition coefficient (Wildman–Crippen LogP) is -2.11. The standard InChI is InChI=1S/C25H32N2O13/c1-10-6-17(30)37-14-7-12(4-5-13(10)14)36-24-18(27-11(2)29)20(32)23(16(9-28)39-24)40-25-22(34)21(33)19(31)15(38-25)8-26-35-3/h4-8,15-16,18-25,28,31-34H,9H2,1-3H3,(H,27,29)/t15-,16-,18-,19+,20-,21+,22-,23-,24-,25+/m1/s1. The number of carbonyl (C=O) groups is 1. The minimum atomic E-state index is -1.77. The molecule has 0 bridgehead atoms. The molecule has 40 heavy (non-hydrogen) atoms. The molecular formula is C25H32N2O13. The van der Waals surface area contributed by atoms with Crippen molar-refractivity contribution in [1.82, 2.24) is 5.32 Å². The Kier molecular flexibility index (Phi) is 9.37. The molecule has 3 heterocycles. The van der Waals surface area contributed by atoms with Crippen LogP contribution in [-0.4, -0.2) is 113 Å². The van der Waals surface area contributed by atoms with E-state index in [4.69, 9.17) is 23.4 Å². The number of fused-ring (bicyclic) bond motifs is 1. The van der Waals surface area contributed by atoms with Gasteiger partial charge in [-0.15, -0.1) is 0 Å².